The number of carbonyl (C=O) groups is 2. The van der Waals surface area contributed by atoms with Gasteiger partial charge in [-0.15, -0.1) is 0 Å². The van der Waals surface area contributed by atoms with E-state index in [1.54, 1.807) is 31.4 Å². The first-order valence-electron chi connectivity index (χ1n) is 11.7. The number of nitrogens with zero attached hydrogens (tertiary/aromatic N) is 2. The van der Waals surface area contributed by atoms with Crippen LogP contribution in [0.3, 0.4) is 0 Å². The number of hydrogen-bond acceptors (Lipinski definition) is 4. The fourth-order valence-electron chi connectivity index (χ4n) is 4.20. The van der Waals surface area contributed by atoms with Gasteiger partial charge in [0.2, 0.25) is 5.91 Å². The van der Waals surface area contributed by atoms with E-state index in [-0.39, 0.29) is 11.8 Å². The summed E-state index contributed by atoms with van der Waals surface area (Å²) >= 11 is 0. The third-order valence-electron chi connectivity index (χ3n) is 6.25. The second kappa shape index (κ2) is 11.5. The SMILES string of the molecule is COc1ccc(C(=O)N[C@@H](C(=O)N2CCN(CCc3ccccc3)CC2)c2ccccc2)cc1. The molecule has 1 aliphatic heterocycles. The van der Waals surface area contributed by atoms with E-state index in [9.17, 15) is 9.59 Å². The molecule has 4 rings (SSSR count). The maximum atomic E-state index is 13.5. The van der Waals surface area contributed by atoms with Gasteiger partial charge in [0.25, 0.3) is 5.91 Å². The Morgan fingerprint density at radius 2 is 1.47 bits per heavy atom. The van der Waals surface area contributed by atoms with E-state index in [4.69, 9.17) is 4.74 Å². The number of rotatable bonds is 8. The topological polar surface area (TPSA) is 61.9 Å². The Labute approximate surface area is 201 Å². The van der Waals surface area contributed by atoms with Crippen molar-refractivity contribution in [2.45, 2.75) is 12.5 Å². The van der Waals surface area contributed by atoms with Crippen LogP contribution in [0.1, 0.15) is 27.5 Å². The summed E-state index contributed by atoms with van der Waals surface area (Å²) in [4.78, 5) is 30.7. The van der Waals surface area contributed by atoms with Gasteiger partial charge < -0.3 is 15.0 Å². The maximum absolute atomic E-state index is 13.5. The number of benzene rings is 3. The quantitative estimate of drug-likeness (QED) is 0.562. The Hall–Kier alpha value is -3.64. The number of hydrogen-bond donors (Lipinski definition) is 1. The zero-order chi connectivity index (χ0) is 23.8. The normalized spacial score (nSPS) is 14.9. The smallest absolute Gasteiger partial charge is 0.252 e. The monoisotopic (exact) mass is 457 g/mol. The van der Waals surface area contributed by atoms with Crippen molar-refractivity contribution in [2.24, 2.45) is 0 Å². The number of methoxy groups -OCH3 is 1. The Balaban J connectivity index is 1.39. The molecule has 3 aromatic rings. The number of nitrogens with one attached hydrogen (secondary N) is 1. The summed E-state index contributed by atoms with van der Waals surface area (Å²) in [6.45, 7) is 3.92. The summed E-state index contributed by atoms with van der Waals surface area (Å²) in [5, 5.41) is 2.96. The van der Waals surface area contributed by atoms with Crippen molar-refractivity contribution in [1.29, 1.82) is 0 Å². The summed E-state index contributed by atoms with van der Waals surface area (Å²) in [6, 6.07) is 26.0. The van der Waals surface area contributed by atoms with Crippen LogP contribution in [0.4, 0.5) is 0 Å². The lowest BCUT2D eigenvalue weighted by Gasteiger charge is -2.36. The minimum absolute atomic E-state index is 0.0734. The van der Waals surface area contributed by atoms with Gasteiger partial charge in [-0.2, -0.15) is 0 Å². The highest BCUT2D eigenvalue weighted by Gasteiger charge is 2.30. The van der Waals surface area contributed by atoms with Crippen molar-refractivity contribution in [3.63, 3.8) is 0 Å². The maximum Gasteiger partial charge on any atom is 0.252 e. The first-order chi connectivity index (χ1) is 16.6. The number of piperazine rings is 1. The molecule has 0 bridgehead atoms. The fraction of sp³-hybridized carbons (Fsp3) is 0.286. The number of amides is 2. The Morgan fingerprint density at radius 3 is 2.09 bits per heavy atom. The highest BCUT2D eigenvalue weighted by Crippen LogP contribution is 2.19. The van der Waals surface area contributed by atoms with E-state index in [1.807, 2.05) is 41.3 Å². The van der Waals surface area contributed by atoms with Crippen molar-refractivity contribution in [3.8, 4) is 5.75 Å². The predicted molar refractivity (Wildman–Crippen MR) is 133 cm³/mol. The number of carbonyl (C=O) groups excluding carboxylic acids is 2. The van der Waals surface area contributed by atoms with Crippen LogP contribution in [0, 0.1) is 0 Å². The zero-order valence-electron chi connectivity index (χ0n) is 19.5. The van der Waals surface area contributed by atoms with E-state index in [2.05, 4.69) is 34.5 Å². The highest BCUT2D eigenvalue weighted by atomic mass is 16.5. The lowest BCUT2D eigenvalue weighted by Crippen LogP contribution is -2.52. The molecule has 3 aromatic carbocycles. The summed E-state index contributed by atoms with van der Waals surface area (Å²) in [5.41, 5.74) is 2.59. The standard InChI is InChI=1S/C28H31N3O3/c1-34-25-14-12-24(13-15-25)27(32)29-26(23-10-6-3-7-11-23)28(33)31-20-18-30(19-21-31)17-16-22-8-4-2-5-9-22/h2-15,26H,16-21H2,1H3,(H,29,32)/t26-/m1/s1. The summed E-state index contributed by atoms with van der Waals surface area (Å²) < 4.78 is 5.17. The molecule has 34 heavy (non-hydrogen) atoms. The fourth-order valence-corrected chi connectivity index (χ4v) is 4.20. The van der Waals surface area contributed by atoms with Crippen LogP contribution >= 0.6 is 0 Å². The van der Waals surface area contributed by atoms with Gasteiger partial charge in [0, 0.05) is 38.3 Å². The Kier molecular flexibility index (Phi) is 7.94. The molecule has 2 amide bonds. The van der Waals surface area contributed by atoms with E-state index in [0.29, 0.717) is 24.4 Å². The van der Waals surface area contributed by atoms with E-state index < -0.39 is 6.04 Å². The van der Waals surface area contributed by atoms with Crippen molar-refractivity contribution >= 4 is 11.8 Å². The third kappa shape index (κ3) is 6.02. The molecule has 1 aliphatic rings. The van der Waals surface area contributed by atoms with Crippen molar-refractivity contribution in [2.75, 3.05) is 39.8 Å². The van der Waals surface area contributed by atoms with E-state index >= 15 is 0 Å². The van der Waals surface area contributed by atoms with Crippen LogP contribution in [0.5, 0.6) is 5.75 Å². The molecule has 1 fully saturated rings. The van der Waals surface area contributed by atoms with Gasteiger partial charge in [0.05, 0.1) is 7.11 Å². The van der Waals surface area contributed by atoms with Crippen LogP contribution in [0.15, 0.2) is 84.9 Å². The van der Waals surface area contributed by atoms with Gasteiger partial charge in [-0.05, 0) is 41.8 Å². The Bertz CT molecular complexity index is 1060. The average Bonchev–Trinajstić information content (AvgIpc) is 2.91. The van der Waals surface area contributed by atoms with Crippen molar-refractivity contribution in [1.82, 2.24) is 15.1 Å². The van der Waals surface area contributed by atoms with Crippen molar-refractivity contribution in [3.05, 3.63) is 102 Å². The molecule has 0 unspecified atom stereocenters. The van der Waals surface area contributed by atoms with Gasteiger partial charge >= 0.3 is 0 Å². The van der Waals surface area contributed by atoms with E-state index in [1.165, 1.54) is 5.56 Å². The molecule has 1 N–H and O–H groups in total. The number of ether oxygens (including phenoxy) is 1. The molecule has 0 saturated carbocycles. The third-order valence-corrected chi connectivity index (χ3v) is 6.25. The molecule has 1 heterocycles. The summed E-state index contributed by atoms with van der Waals surface area (Å²) in [5.74, 6) is 0.319. The van der Waals surface area contributed by atoms with Gasteiger partial charge in [-0.3, -0.25) is 14.5 Å². The summed E-state index contributed by atoms with van der Waals surface area (Å²) in [6.07, 6.45) is 0.999. The zero-order valence-corrected chi connectivity index (χ0v) is 19.5. The van der Waals surface area contributed by atoms with Crippen LogP contribution in [-0.4, -0.2) is 61.4 Å². The van der Waals surface area contributed by atoms with Crippen LogP contribution in [0.2, 0.25) is 0 Å². The largest absolute Gasteiger partial charge is 0.497 e. The Morgan fingerprint density at radius 1 is 0.853 bits per heavy atom. The molecule has 1 atom stereocenters. The minimum Gasteiger partial charge on any atom is -0.497 e. The molecular weight excluding hydrogens is 426 g/mol. The van der Waals surface area contributed by atoms with E-state index in [0.717, 1.165) is 31.6 Å². The first-order valence-corrected chi connectivity index (χ1v) is 11.7. The minimum atomic E-state index is -0.730. The van der Waals surface area contributed by atoms with Crippen molar-refractivity contribution < 1.29 is 14.3 Å². The van der Waals surface area contributed by atoms with Gasteiger partial charge in [-0.25, -0.2) is 0 Å². The molecule has 6 nitrogen and oxygen atoms in total. The second-order valence-corrected chi connectivity index (χ2v) is 8.45. The lowest BCUT2D eigenvalue weighted by molar-refractivity contribution is -0.135. The van der Waals surface area contributed by atoms with Gasteiger partial charge in [0.15, 0.2) is 0 Å². The second-order valence-electron chi connectivity index (χ2n) is 8.45. The average molecular weight is 458 g/mol. The van der Waals surface area contributed by atoms with Gasteiger partial charge in [0.1, 0.15) is 11.8 Å². The molecule has 1 saturated heterocycles. The van der Waals surface area contributed by atoms with Crippen LogP contribution < -0.4 is 10.1 Å². The van der Waals surface area contributed by atoms with Crippen LogP contribution in [0.25, 0.3) is 0 Å². The summed E-state index contributed by atoms with van der Waals surface area (Å²) in [7, 11) is 1.58. The molecule has 0 spiro atoms. The molecule has 0 radical (unpaired) electrons. The molecule has 6 heteroatoms. The molecule has 0 aliphatic carbocycles. The molecule has 176 valence electrons. The van der Waals surface area contributed by atoms with Gasteiger partial charge in [-0.1, -0.05) is 60.7 Å². The first kappa shape index (κ1) is 23.5. The molecule has 0 aromatic heterocycles. The van der Waals surface area contributed by atoms with Crippen LogP contribution in [-0.2, 0) is 11.2 Å². The lowest BCUT2D eigenvalue weighted by atomic mass is 10.0. The highest BCUT2D eigenvalue weighted by molar-refractivity contribution is 5.98. The predicted octanol–water partition coefficient (Wildman–Crippen LogP) is 3.55. The molecular formula is C28H31N3O3.